The Morgan fingerprint density at radius 2 is 1.63 bits per heavy atom. The Labute approximate surface area is 120 Å². The first-order valence-electron chi connectivity index (χ1n) is 6.02. The lowest BCUT2D eigenvalue weighted by Crippen LogP contribution is -2.24. The smallest absolute Gasteiger partial charge is 0.406 e. The molecule has 0 bridgehead atoms. The fourth-order valence-corrected chi connectivity index (χ4v) is 2.90. The van der Waals surface area contributed by atoms with Crippen LogP contribution >= 0.6 is 15.9 Å². The summed E-state index contributed by atoms with van der Waals surface area (Å²) in [6.45, 7) is 6.46. The summed E-state index contributed by atoms with van der Waals surface area (Å²) in [5.74, 6) is 0.240. The zero-order valence-electron chi connectivity index (χ0n) is 11.2. The Morgan fingerprint density at radius 3 is 2.00 bits per heavy atom. The second kappa shape index (κ2) is 6.16. The lowest BCUT2D eigenvalue weighted by Gasteiger charge is -2.29. The monoisotopic (exact) mass is 338 g/mol. The van der Waals surface area contributed by atoms with E-state index in [1.54, 1.807) is 12.1 Å². The van der Waals surface area contributed by atoms with E-state index in [1.165, 1.54) is 12.1 Å². The molecule has 19 heavy (non-hydrogen) atoms. The molecule has 0 radical (unpaired) electrons. The summed E-state index contributed by atoms with van der Waals surface area (Å²) in [5.41, 5.74) is 1.15. The Bertz CT molecular complexity index is 393. The zero-order chi connectivity index (χ0) is 14.7. The minimum absolute atomic E-state index is 0.143. The van der Waals surface area contributed by atoms with Gasteiger partial charge in [0.05, 0.1) is 0 Å². The molecule has 0 aliphatic heterocycles. The number of hydrogen-bond donors (Lipinski definition) is 0. The fourth-order valence-electron chi connectivity index (χ4n) is 1.70. The van der Waals surface area contributed by atoms with Crippen molar-refractivity contribution < 1.29 is 17.9 Å². The van der Waals surface area contributed by atoms with E-state index in [9.17, 15) is 13.2 Å². The summed E-state index contributed by atoms with van der Waals surface area (Å²) < 4.78 is 39.9. The molecule has 1 nitrogen and oxygen atoms in total. The molecule has 0 fully saturated rings. The van der Waals surface area contributed by atoms with Crippen LogP contribution in [0.4, 0.5) is 13.2 Å². The van der Waals surface area contributed by atoms with Crippen molar-refractivity contribution in [3.63, 3.8) is 0 Å². The summed E-state index contributed by atoms with van der Waals surface area (Å²) in [7, 11) is 0. The molecular weight excluding hydrogens is 321 g/mol. The van der Waals surface area contributed by atoms with Crippen LogP contribution in [-0.4, -0.2) is 11.7 Å². The van der Waals surface area contributed by atoms with Gasteiger partial charge in [-0.1, -0.05) is 48.8 Å². The maximum absolute atomic E-state index is 12.0. The van der Waals surface area contributed by atoms with E-state index < -0.39 is 6.36 Å². The van der Waals surface area contributed by atoms with Gasteiger partial charge in [-0.15, -0.1) is 13.2 Å². The van der Waals surface area contributed by atoms with Crippen molar-refractivity contribution >= 4 is 15.9 Å². The molecule has 0 amide bonds. The fraction of sp³-hybridized carbons (Fsp3) is 0.571. The molecule has 1 unspecified atom stereocenters. The third kappa shape index (κ3) is 5.85. The van der Waals surface area contributed by atoms with Gasteiger partial charge in [0.1, 0.15) is 5.75 Å². The van der Waals surface area contributed by atoms with Crippen molar-refractivity contribution in [1.29, 1.82) is 0 Å². The maximum atomic E-state index is 12.0. The molecular formula is C14H18BrF3O. The largest absolute Gasteiger partial charge is 0.573 e. The van der Waals surface area contributed by atoms with Gasteiger partial charge < -0.3 is 4.74 Å². The van der Waals surface area contributed by atoms with E-state index in [4.69, 9.17) is 0 Å². The van der Waals surface area contributed by atoms with Gasteiger partial charge >= 0.3 is 6.36 Å². The van der Waals surface area contributed by atoms with Crippen molar-refractivity contribution in [2.75, 3.05) is 5.33 Å². The van der Waals surface area contributed by atoms with Gasteiger partial charge in [-0.2, -0.15) is 0 Å². The Balaban J connectivity index is 2.71. The van der Waals surface area contributed by atoms with Crippen LogP contribution in [0.1, 0.15) is 26.3 Å². The molecule has 1 aromatic carbocycles. The summed E-state index contributed by atoms with van der Waals surface area (Å²) >= 11 is 3.49. The molecule has 0 N–H and O–H groups in total. The Kier molecular flexibility index (Phi) is 5.30. The van der Waals surface area contributed by atoms with Crippen LogP contribution in [0.2, 0.25) is 0 Å². The van der Waals surface area contributed by atoms with Crippen LogP contribution in [0.25, 0.3) is 0 Å². The molecule has 5 heteroatoms. The number of halogens is 4. The molecule has 0 aliphatic rings. The molecule has 1 atom stereocenters. The minimum atomic E-state index is -4.63. The van der Waals surface area contributed by atoms with Gasteiger partial charge in [-0.3, -0.25) is 0 Å². The van der Waals surface area contributed by atoms with Gasteiger partial charge in [-0.25, -0.2) is 0 Å². The van der Waals surface area contributed by atoms with Gasteiger partial charge in [0.25, 0.3) is 0 Å². The molecule has 108 valence electrons. The molecule has 0 saturated carbocycles. The van der Waals surface area contributed by atoms with E-state index in [2.05, 4.69) is 41.4 Å². The number of alkyl halides is 4. The predicted molar refractivity (Wildman–Crippen MR) is 73.6 cm³/mol. The van der Waals surface area contributed by atoms with E-state index in [-0.39, 0.29) is 11.2 Å². The predicted octanol–water partition coefficient (Wildman–Crippen LogP) is 5.18. The van der Waals surface area contributed by atoms with Crippen LogP contribution in [0.15, 0.2) is 24.3 Å². The summed E-state index contributed by atoms with van der Waals surface area (Å²) in [6, 6.07) is 6.08. The van der Waals surface area contributed by atoms with E-state index in [1.807, 2.05) is 0 Å². The van der Waals surface area contributed by atoms with E-state index in [0.29, 0.717) is 5.92 Å². The number of ether oxygens (including phenoxy) is 1. The first-order valence-corrected chi connectivity index (χ1v) is 7.14. The molecule has 0 aliphatic carbocycles. The molecule has 0 aromatic heterocycles. The lowest BCUT2D eigenvalue weighted by molar-refractivity contribution is -0.274. The first-order chi connectivity index (χ1) is 8.62. The Morgan fingerprint density at radius 1 is 1.11 bits per heavy atom. The summed E-state index contributed by atoms with van der Waals surface area (Å²) in [4.78, 5) is 0. The van der Waals surface area contributed by atoms with Crippen LogP contribution in [-0.2, 0) is 6.42 Å². The number of hydrogen-bond acceptors (Lipinski definition) is 1. The standard InChI is InChI=1S/C14H18BrF3O/c1-13(2,3)11(9-15)8-10-4-6-12(7-5-10)19-14(16,17)18/h4-7,11H,8-9H2,1-3H3. The molecule has 0 saturated heterocycles. The molecule has 1 rings (SSSR count). The van der Waals surface area contributed by atoms with Gasteiger partial charge in [0, 0.05) is 5.33 Å². The number of rotatable bonds is 4. The SMILES string of the molecule is CC(C)(C)C(CBr)Cc1ccc(OC(F)(F)F)cc1. The zero-order valence-corrected chi connectivity index (χ0v) is 12.8. The normalized spacial score (nSPS) is 14.3. The maximum Gasteiger partial charge on any atom is 0.573 e. The lowest BCUT2D eigenvalue weighted by atomic mass is 9.78. The van der Waals surface area contributed by atoms with Crippen molar-refractivity contribution in [3.05, 3.63) is 29.8 Å². The highest BCUT2D eigenvalue weighted by atomic mass is 79.9. The third-order valence-electron chi connectivity index (χ3n) is 3.05. The van der Waals surface area contributed by atoms with Gasteiger partial charge in [0.2, 0.25) is 0 Å². The van der Waals surface area contributed by atoms with Gasteiger partial charge in [-0.05, 0) is 35.4 Å². The van der Waals surface area contributed by atoms with Crippen molar-refractivity contribution in [2.24, 2.45) is 11.3 Å². The third-order valence-corrected chi connectivity index (χ3v) is 3.83. The average Bonchev–Trinajstić information content (AvgIpc) is 2.24. The topological polar surface area (TPSA) is 9.23 Å². The van der Waals surface area contributed by atoms with E-state index >= 15 is 0 Å². The first kappa shape index (κ1) is 16.3. The van der Waals surface area contributed by atoms with Gasteiger partial charge in [0.15, 0.2) is 0 Å². The quantitative estimate of drug-likeness (QED) is 0.687. The van der Waals surface area contributed by atoms with Crippen LogP contribution in [0.3, 0.4) is 0 Å². The molecule has 0 heterocycles. The Hall–Kier alpha value is -0.710. The van der Waals surface area contributed by atoms with Crippen molar-refractivity contribution in [2.45, 2.75) is 33.6 Å². The van der Waals surface area contributed by atoms with Crippen LogP contribution < -0.4 is 4.74 Å². The second-order valence-corrected chi connectivity index (χ2v) is 6.26. The van der Waals surface area contributed by atoms with Crippen molar-refractivity contribution in [3.8, 4) is 5.75 Å². The highest BCUT2D eigenvalue weighted by Crippen LogP contribution is 2.31. The molecule has 0 spiro atoms. The highest BCUT2D eigenvalue weighted by molar-refractivity contribution is 9.09. The summed E-state index contributed by atoms with van der Waals surface area (Å²) in [6.07, 6.45) is -3.81. The summed E-state index contributed by atoms with van der Waals surface area (Å²) in [5, 5.41) is 0.858. The highest BCUT2D eigenvalue weighted by Gasteiger charge is 2.31. The molecule has 1 aromatic rings. The van der Waals surface area contributed by atoms with E-state index in [0.717, 1.165) is 17.3 Å². The number of benzene rings is 1. The minimum Gasteiger partial charge on any atom is -0.406 e. The van der Waals surface area contributed by atoms with Crippen LogP contribution in [0, 0.1) is 11.3 Å². The average molecular weight is 339 g/mol. The second-order valence-electron chi connectivity index (χ2n) is 5.61. The van der Waals surface area contributed by atoms with Crippen molar-refractivity contribution in [1.82, 2.24) is 0 Å². The van der Waals surface area contributed by atoms with Crippen LogP contribution in [0.5, 0.6) is 5.75 Å².